The van der Waals surface area contributed by atoms with Gasteiger partial charge in [-0.3, -0.25) is 0 Å². The first-order valence-electron chi connectivity index (χ1n) is 10.2. The molecular formula is C23H34IN3O3. The lowest BCUT2D eigenvalue weighted by Gasteiger charge is -2.13. The molecule has 0 bridgehead atoms. The van der Waals surface area contributed by atoms with Crippen LogP contribution in [-0.4, -0.2) is 39.4 Å². The summed E-state index contributed by atoms with van der Waals surface area (Å²) >= 11 is 0. The molecule has 0 saturated heterocycles. The maximum atomic E-state index is 5.92. The van der Waals surface area contributed by atoms with E-state index in [1.54, 1.807) is 7.11 Å². The lowest BCUT2D eigenvalue weighted by molar-refractivity contribution is 0.145. The third kappa shape index (κ3) is 9.67. The Morgan fingerprint density at radius 3 is 2.47 bits per heavy atom. The van der Waals surface area contributed by atoms with E-state index in [1.165, 1.54) is 0 Å². The Bertz CT molecular complexity index is 742. The Kier molecular flexibility index (Phi) is 13.7. The highest BCUT2D eigenvalue weighted by molar-refractivity contribution is 14.0. The molecule has 0 aliphatic rings. The summed E-state index contributed by atoms with van der Waals surface area (Å²) in [6.07, 6.45) is 0.944. The average Bonchev–Trinajstić information content (AvgIpc) is 2.76. The van der Waals surface area contributed by atoms with Gasteiger partial charge >= 0.3 is 0 Å². The number of rotatable bonds is 12. The Hall–Kier alpha value is -2.00. The molecule has 7 heteroatoms. The SMILES string of the molecule is CCNC(=NCc1ccc(OCc2ccccc2)c(OC)c1)NCCCOCC.I. The van der Waals surface area contributed by atoms with Crippen LogP contribution in [0.15, 0.2) is 53.5 Å². The van der Waals surface area contributed by atoms with Gasteiger partial charge in [0.1, 0.15) is 6.61 Å². The molecule has 0 amide bonds. The van der Waals surface area contributed by atoms with Crippen molar-refractivity contribution in [1.29, 1.82) is 0 Å². The highest BCUT2D eigenvalue weighted by Gasteiger charge is 2.07. The van der Waals surface area contributed by atoms with Crippen LogP contribution in [0.1, 0.15) is 31.4 Å². The smallest absolute Gasteiger partial charge is 0.191 e. The summed E-state index contributed by atoms with van der Waals surface area (Å²) in [6, 6.07) is 16.0. The Balaban J connectivity index is 0.00000450. The van der Waals surface area contributed by atoms with E-state index in [-0.39, 0.29) is 24.0 Å². The standard InChI is InChI=1S/C23H33N3O3.HI/c1-4-24-23(25-14-9-15-28-5-2)26-17-20-12-13-21(22(16-20)27-3)29-18-19-10-7-6-8-11-19;/h6-8,10-13,16H,4-5,9,14-15,17-18H2,1-3H3,(H2,24,25,26);1H. The monoisotopic (exact) mass is 527 g/mol. The number of ether oxygens (including phenoxy) is 3. The average molecular weight is 527 g/mol. The molecule has 166 valence electrons. The summed E-state index contributed by atoms with van der Waals surface area (Å²) < 4.78 is 16.8. The number of hydrogen-bond donors (Lipinski definition) is 2. The van der Waals surface area contributed by atoms with Crippen LogP contribution in [0.5, 0.6) is 11.5 Å². The molecule has 0 fully saturated rings. The molecule has 0 radical (unpaired) electrons. The normalized spacial score (nSPS) is 10.8. The van der Waals surface area contributed by atoms with Crippen molar-refractivity contribution in [2.24, 2.45) is 4.99 Å². The fraction of sp³-hybridized carbons (Fsp3) is 0.435. The topological polar surface area (TPSA) is 64.1 Å². The number of nitrogens with one attached hydrogen (secondary N) is 2. The molecule has 30 heavy (non-hydrogen) atoms. The van der Waals surface area contributed by atoms with E-state index in [0.29, 0.717) is 18.9 Å². The molecule has 0 aliphatic carbocycles. The lowest BCUT2D eigenvalue weighted by atomic mass is 10.2. The Morgan fingerprint density at radius 2 is 1.77 bits per heavy atom. The van der Waals surface area contributed by atoms with Crippen LogP contribution in [0, 0.1) is 0 Å². The van der Waals surface area contributed by atoms with E-state index in [1.807, 2.05) is 55.5 Å². The van der Waals surface area contributed by atoms with Gasteiger partial charge in [-0.2, -0.15) is 0 Å². The minimum absolute atomic E-state index is 0. The van der Waals surface area contributed by atoms with Crippen LogP contribution < -0.4 is 20.1 Å². The maximum Gasteiger partial charge on any atom is 0.191 e. The Labute approximate surface area is 197 Å². The first kappa shape index (κ1) is 26.0. The minimum Gasteiger partial charge on any atom is -0.493 e. The zero-order valence-corrected chi connectivity index (χ0v) is 20.5. The molecule has 0 saturated carbocycles. The quantitative estimate of drug-likeness (QED) is 0.186. The van der Waals surface area contributed by atoms with Crippen molar-refractivity contribution in [2.45, 2.75) is 33.4 Å². The predicted octanol–water partition coefficient (Wildman–Crippen LogP) is 4.37. The summed E-state index contributed by atoms with van der Waals surface area (Å²) in [5.74, 6) is 2.24. The fourth-order valence-corrected chi connectivity index (χ4v) is 2.70. The van der Waals surface area contributed by atoms with Gasteiger partial charge in [-0.15, -0.1) is 24.0 Å². The van der Waals surface area contributed by atoms with Crippen LogP contribution in [0.3, 0.4) is 0 Å². The van der Waals surface area contributed by atoms with E-state index in [4.69, 9.17) is 14.2 Å². The molecule has 0 unspecified atom stereocenters. The van der Waals surface area contributed by atoms with Gasteiger partial charge < -0.3 is 24.8 Å². The summed E-state index contributed by atoms with van der Waals surface area (Å²) in [7, 11) is 1.65. The van der Waals surface area contributed by atoms with E-state index < -0.39 is 0 Å². The van der Waals surface area contributed by atoms with Crippen LogP contribution in [0.2, 0.25) is 0 Å². The molecule has 0 heterocycles. The summed E-state index contributed by atoms with van der Waals surface area (Å²) in [4.78, 5) is 4.66. The zero-order valence-electron chi connectivity index (χ0n) is 18.1. The molecule has 6 nitrogen and oxygen atoms in total. The number of aliphatic imine (C=N–C) groups is 1. The fourth-order valence-electron chi connectivity index (χ4n) is 2.70. The third-order valence-corrected chi connectivity index (χ3v) is 4.19. The van der Waals surface area contributed by atoms with Crippen molar-refractivity contribution >= 4 is 29.9 Å². The molecular weight excluding hydrogens is 493 g/mol. The predicted molar refractivity (Wildman–Crippen MR) is 133 cm³/mol. The number of hydrogen-bond acceptors (Lipinski definition) is 4. The van der Waals surface area contributed by atoms with Gasteiger partial charge in [0.05, 0.1) is 13.7 Å². The maximum absolute atomic E-state index is 5.92. The summed E-state index contributed by atoms with van der Waals surface area (Å²) in [5.41, 5.74) is 2.18. The number of halogens is 1. The molecule has 0 spiro atoms. The van der Waals surface area contributed by atoms with Crippen molar-refractivity contribution in [3.63, 3.8) is 0 Å². The van der Waals surface area contributed by atoms with E-state index in [0.717, 1.165) is 55.6 Å². The van der Waals surface area contributed by atoms with Crippen molar-refractivity contribution in [3.8, 4) is 11.5 Å². The summed E-state index contributed by atoms with van der Waals surface area (Å²) in [5, 5.41) is 6.60. The lowest BCUT2D eigenvalue weighted by Crippen LogP contribution is -2.38. The van der Waals surface area contributed by atoms with Crippen LogP contribution in [0.4, 0.5) is 0 Å². The van der Waals surface area contributed by atoms with Gasteiger partial charge in [0.15, 0.2) is 17.5 Å². The van der Waals surface area contributed by atoms with Gasteiger partial charge in [-0.05, 0) is 43.5 Å². The third-order valence-electron chi connectivity index (χ3n) is 4.19. The number of guanidine groups is 1. The van der Waals surface area contributed by atoms with Gasteiger partial charge in [0.2, 0.25) is 0 Å². The largest absolute Gasteiger partial charge is 0.493 e. The molecule has 0 aliphatic heterocycles. The molecule has 2 aromatic rings. The van der Waals surface area contributed by atoms with Crippen LogP contribution in [-0.2, 0) is 17.9 Å². The Morgan fingerprint density at radius 1 is 0.967 bits per heavy atom. The van der Waals surface area contributed by atoms with Gasteiger partial charge in [-0.1, -0.05) is 36.4 Å². The number of nitrogens with zero attached hydrogens (tertiary/aromatic N) is 1. The van der Waals surface area contributed by atoms with Crippen molar-refractivity contribution in [2.75, 3.05) is 33.4 Å². The second-order valence-corrected chi connectivity index (χ2v) is 6.43. The molecule has 2 aromatic carbocycles. The molecule has 2 rings (SSSR count). The van der Waals surface area contributed by atoms with E-state index in [2.05, 4.69) is 22.5 Å². The van der Waals surface area contributed by atoms with Crippen LogP contribution in [0.25, 0.3) is 0 Å². The number of benzene rings is 2. The summed E-state index contributed by atoms with van der Waals surface area (Å²) in [6.45, 7) is 8.26. The van der Waals surface area contributed by atoms with Crippen molar-refractivity contribution < 1.29 is 14.2 Å². The molecule has 0 atom stereocenters. The van der Waals surface area contributed by atoms with E-state index >= 15 is 0 Å². The molecule has 2 N–H and O–H groups in total. The first-order valence-corrected chi connectivity index (χ1v) is 10.2. The van der Waals surface area contributed by atoms with Crippen molar-refractivity contribution in [1.82, 2.24) is 10.6 Å². The van der Waals surface area contributed by atoms with Gasteiger partial charge in [0, 0.05) is 26.3 Å². The van der Waals surface area contributed by atoms with Crippen LogP contribution >= 0.6 is 24.0 Å². The first-order chi connectivity index (χ1) is 14.3. The van der Waals surface area contributed by atoms with Gasteiger partial charge in [-0.25, -0.2) is 4.99 Å². The second kappa shape index (κ2) is 15.8. The molecule has 0 aromatic heterocycles. The zero-order chi connectivity index (χ0) is 20.7. The highest BCUT2D eigenvalue weighted by Crippen LogP contribution is 2.29. The number of methoxy groups -OCH3 is 1. The minimum atomic E-state index is 0. The highest BCUT2D eigenvalue weighted by atomic mass is 127. The second-order valence-electron chi connectivity index (χ2n) is 6.43. The van der Waals surface area contributed by atoms with Crippen molar-refractivity contribution in [3.05, 3.63) is 59.7 Å². The van der Waals surface area contributed by atoms with E-state index in [9.17, 15) is 0 Å². The van der Waals surface area contributed by atoms with Gasteiger partial charge in [0.25, 0.3) is 0 Å².